The molecule has 17 heavy (non-hydrogen) atoms. The Morgan fingerprint density at radius 2 is 1.47 bits per heavy atom. The van der Waals surface area contributed by atoms with Gasteiger partial charge in [-0.05, 0) is 11.1 Å². The second kappa shape index (κ2) is 5.41. The van der Waals surface area contributed by atoms with Gasteiger partial charge in [-0.15, -0.1) is 0 Å². The molecule has 2 aromatic carbocycles. The minimum Gasteiger partial charge on any atom is -0.382 e. The van der Waals surface area contributed by atoms with Crippen LogP contribution >= 0.6 is 0 Å². The highest BCUT2D eigenvalue weighted by Gasteiger charge is 2.15. The average molecular weight is 225 g/mol. The first-order valence-electron chi connectivity index (χ1n) is 5.58. The summed E-state index contributed by atoms with van der Waals surface area (Å²) in [5, 5.41) is 10.3. The van der Waals surface area contributed by atoms with Crippen molar-refractivity contribution in [2.24, 2.45) is 4.99 Å². The van der Waals surface area contributed by atoms with E-state index in [4.69, 9.17) is 0 Å². The van der Waals surface area contributed by atoms with Gasteiger partial charge in [0.15, 0.2) is 0 Å². The second-order valence-corrected chi connectivity index (χ2v) is 3.79. The first kappa shape index (κ1) is 11.6. The number of hydrogen-bond donors (Lipinski definition) is 1. The van der Waals surface area contributed by atoms with Crippen LogP contribution in [0, 0.1) is 0 Å². The van der Waals surface area contributed by atoms with Crippen LogP contribution in [0.4, 0.5) is 0 Å². The van der Waals surface area contributed by atoms with Gasteiger partial charge in [-0.25, -0.2) is 0 Å². The molecule has 0 aliphatic carbocycles. The van der Waals surface area contributed by atoms with E-state index < -0.39 is 6.10 Å². The van der Waals surface area contributed by atoms with E-state index in [-0.39, 0.29) is 0 Å². The molecule has 0 aromatic heterocycles. The molecule has 0 bridgehead atoms. The van der Waals surface area contributed by atoms with Crippen molar-refractivity contribution in [3.63, 3.8) is 0 Å². The third kappa shape index (κ3) is 2.60. The number of aliphatic imine (C=N–C) groups is 1. The van der Waals surface area contributed by atoms with Crippen molar-refractivity contribution in [1.82, 2.24) is 0 Å². The van der Waals surface area contributed by atoms with Gasteiger partial charge < -0.3 is 5.11 Å². The van der Waals surface area contributed by atoms with Crippen molar-refractivity contribution in [1.29, 1.82) is 0 Å². The fraction of sp³-hybridized carbons (Fsp3) is 0.133. The zero-order valence-corrected chi connectivity index (χ0v) is 9.75. The number of benzene rings is 2. The molecule has 0 radical (unpaired) electrons. The minimum atomic E-state index is -0.677. The Bertz CT molecular complexity index is 491. The summed E-state index contributed by atoms with van der Waals surface area (Å²) in [4.78, 5) is 4.20. The van der Waals surface area contributed by atoms with Gasteiger partial charge in [-0.1, -0.05) is 60.7 Å². The lowest BCUT2D eigenvalue weighted by Crippen LogP contribution is -2.13. The van der Waals surface area contributed by atoms with E-state index in [0.717, 1.165) is 11.1 Å². The van der Waals surface area contributed by atoms with E-state index in [2.05, 4.69) is 4.99 Å². The van der Waals surface area contributed by atoms with Gasteiger partial charge in [-0.3, -0.25) is 4.99 Å². The number of rotatable bonds is 3. The normalized spacial score (nSPS) is 13.4. The maximum Gasteiger partial charge on any atom is 0.121 e. The van der Waals surface area contributed by atoms with E-state index in [1.54, 1.807) is 7.05 Å². The number of aliphatic hydroxyl groups is 1. The van der Waals surface area contributed by atoms with Crippen LogP contribution in [-0.2, 0) is 0 Å². The van der Waals surface area contributed by atoms with Gasteiger partial charge in [0.25, 0.3) is 0 Å². The van der Waals surface area contributed by atoms with Crippen LogP contribution in [0.5, 0.6) is 0 Å². The van der Waals surface area contributed by atoms with Crippen molar-refractivity contribution in [3.8, 4) is 0 Å². The summed E-state index contributed by atoms with van der Waals surface area (Å²) in [6.45, 7) is 0. The number of aliphatic hydroxyl groups excluding tert-OH is 1. The Morgan fingerprint density at radius 1 is 0.941 bits per heavy atom. The number of hydrogen-bond acceptors (Lipinski definition) is 2. The van der Waals surface area contributed by atoms with Crippen LogP contribution < -0.4 is 0 Å². The molecule has 0 spiro atoms. The summed E-state index contributed by atoms with van der Waals surface area (Å²) in [5.41, 5.74) is 2.50. The predicted octanol–water partition coefficient (Wildman–Crippen LogP) is 2.84. The second-order valence-electron chi connectivity index (χ2n) is 3.79. The van der Waals surface area contributed by atoms with Crippen LogP contribution in [0.1, 0.15) is 17.2 Å². The molecule has 0 heterocycles. The quantitative estimate of drug-likeness (QED) is 0.800. The lowest BCUT2D eigenvalue weighted by molar-refractivity contribution is 0.248. The van der Waals surface area contributed by atoms with Gasteiger partial charge >= 0.3 is 0 Å². The van der Waals surface area contributed by atoms with Crippen molar-refractivity contribution < 1.29 is 5.11 Å². The SMILES string of the molecule is CN=C(c1ccccc1)C(O)c1ccccc1. The van der Waals surface area contributed by atoms with E-state index in [0.29, 0.717) is 5.71 Å². The van der Waals surface area contributed by atoms with E-state index >= 15 is 0 Å². The van der Waals surface area contributed by atoms with Crippen molar-refractivity contribution in [3.05, 3.63) is 71.8 Å². The van der Waals surface area contributed by atoms with Gasteiger partial charge in [0.05, 0.1) is 5.71 Å². The molecule has 0 saturated carbocycles. The number of nitrogens with zero attached hydrogens (tertiary/aromatic N) is 1. The summed E-state index contributed by atoms with van der Waals surface area (Å²) in [5.74, 6) is 0. The fourth-order valence-electron chi connectivity index (χ4n) is 1.81. The molecule has 0 amide bonds. The Labute approximate surface area is 101 Å². The summed E-state index contributed by atoms with van der Waals surface area (Å²) >= 11 is 0. The molecule has 2 aromatic rings. The molecular weight excluding hydrogens is 210 g/mol. The first-order chi connectivity index (χ1) is 8.33. The fourth-order valence-corrected chi connectivity index (χ4v) is 1.81. The summed E-state index contributed by atoms with van der Waals surface area (Å²) in [6.07, 6.45) is -0.677. The Hall–Kier alpha value is -1.93. The highest BCUT2D eigenvalue weighted by molar-refractivity contribution is 6.04. The van der Waals surface area contributed by atoms with Gasteiger partial charge in [0.2, 0.25) is 0 Å². The smallest absolute Gasteiger partial charge is 0.121 e. The molecule has 86 valence electrons. The van der Waals surface area contributed by atoms with Gasteiger partial charge in [0.1, 0.15) is 6.10 Å². The molecule has 2 nitrogen and oxygen atoms in total. The van der Waals surface area contributed by atoms with E-state index in [1.807, 2.05) is 60.7 Å². The minimum absolute atomic E-state index is 0.677. The van der Waals surface area contributed by atoms with Crippen LogP contribution in [0.3, 0.4) is 0 Å². The molecular formula is C15H15NO. The molecule has 2 heteroatoms. The first-order valence-corrected chi connectivity index (χ1v) is 5.58. The van der Waals surface area contributed by atoms with Crippen molar-refractivity contribution in [2.75, 3.05) is 7.05 Å². The van der Waals surface area contributed by atoms with Crippen LogP contribution in [0.15, 0.2) is 65.7 Å². The molecule has 1 atom stereocenters. The third-order valence-electron chi connectivity index (χ3n) is 2.68. The Balaban J connectivity index is 2.33. The Morgan fingerprint density at radius 3 is 2.00 bits per heavy atom. The van der Waals surface area contributed by atoms with Crippen LogP contribution in [0.25, 0.3) is 0 Å². The van der Waals surface area contributed by atoms with Gasteiger partial charge in [-0.2, -0.15) is 0 Å². The molecule has 1 N–H and O–H groups in total. The topological polar surface area (TPSA) is 32.6 Å². The van der Waals surface area contributed by atoms with Crippen LogP contribution in [0.2, 0.25) is 0 Å². The highest BCUT2D eigenvalue weighted by Crippen LogP contribution is 2.18. The zero-order valence-electron chi connectivity index (χ0n) is 9.75. The monoisotopic (exact) mass is 225 g/mol. The Kier molecular flexibility index (Phi) is 3.68. The molecule has 1 unspecified atom stereocenters. The summed E-state index contributed by atoms with van der Waals surface area (Å²) < 4.78 is 0. The zero-order chi connectivity index (χ0) is 12.1. The van der Waals surface area contributed by atoms with Crippen LogP contribution in [-0.4, -0.2) is 17.9 Å². The molecule has 0 saturated heterocycles. The maximum atomic E-state index is 10.3. The third-order valence-corrected chi connectivity index (χ3v) is 2.68. The molecule has 2 rings (SSSR count). The van der Waals surface area contributed by atoms with Crippen molar-refractivity contribution in [2.45, 2.75) is 6.10 Å². The molecule has 0 fully saturated rings. The largest absolute Gasteiger partial charge is 0.382 e. The standard InChI is InChI=1S/C15H15NO/c1-16-14(12-8-4-2-5-9-12)15(17)13-10-6-3-7-11-13/h2-11,15,17H,1H3. The van der Waals surface area contributed by atoms with Crippen molar-refractivity contribution >= 4 is 5.71 Å². The lowest BCUT2D eigenvalue weighted by Gasteiger charge is -2.14. The average Bonchev–Trinajstić information content (AvgIpc) is 2.42. The maximum absolute atomic E-state index is 10.3. The molecule has 0 aliphatic heterocycles. The predicted molar refractivity (Wildman–Crippen MR) is 70.3 cm³/mol. The highest BCUT2D eigenvalue weighted by atomic mass is 16.3. The lowest BCUT2D eigenvalue weighted by atomic mass is 9.99. The van der Waals surface area contributed by atoms with Gasteiger partial charge in [0, 0.05) is 7.05 Å². The summed E-state index contributed by atoms with van der Waals surface area (Å²) in [6, 6.07) is 19.3. The molecule has 0 aliphatic rings. The van der Waals surface area contributed by atoms with E-state index in [1.165, 1.54) is 0 Å². The summed E-state index contributed by atoms with van der Waals surface area (Å²) in [7, 11) is 1.70. The van der Waals surface area contributed by atoms with E-state index in [9.17, 15) is 5.11 Å².